The van der Waals surface area contributed by atoms with Gasteiger partial charge in [0, 0.05) is 17.1 Å². The predicted octanol–water partition coefficient (Wildman–Crippen LogP) is 4.66. The van der Waals surface area contributed by atoms with Crippen LogP contribution in [0.2, 0.25) is 0 Å². The van der Waals surface area contributed by atoms with Gasteiger partial charge in [-0.3, -0.25) is 4.90 Å². The lowest BCUT2D eigenvalue weighted by Crippen LogP contribution is -2.43. The summed E-state index contributed by atoms with van der Waals surface area (Å²) >= 11 is 3.72. The average molecular weight is 353 g/mol. The van der Waals surface area contributed by atoms with Crippen molar-refractivity contribution in [2.75, 3.05) is 19.6 Å². The van der Waals surface area contributed by atoms with Crippen molar-refractivity contribution < 1.29 is 0 Å². The summed E-state index contributed by atoms with van der Waals surface area (Å²) in [4.78, 5) is 2.58. The second kappa shape index (κ2) is 7.26. The number of hydrogen-bond acceptors (Lipinski definition) is 2. The zero-order chi connectivity index (χ0) is 15.5. The number of hydrogen-bond donors (Lipinski definition) is 1. The van der Waals surface area contributed by atoms with Crippen molar-refractivity contribution in [2.24, 2.45) is 11.1 Å². The highest BCUT2D eigenvalue weighted by Gasteiger charge is 2.34. The van der Waals surface area contributed by atoms with Gasteiger partial charge in [-0.1, -0.05) is 54.8 Å². The number of piperidine rings is 1. The fourth-order valence-electron chi connectivity index (χ4n) is 3.64. The molecule has 2 rings (SSSR count). The third kappa shape index (κ3) is 3.69. The van der Waals surface area contributed by atoms with Gasteiger partial charge in [0.1, 0.15) is 0 Å². The van der Waals surface area contributed by atoms with Crippen LogP contribution < -0.4 is 5.73 Å². The largest absolute Gasteiger partial charge is 0.329 e. The summed E-state index contributed by atoms with van der Waals surface area (Å²) in [6.07, 6.45) is 5.22. The van der Waals surface area contributed by atoms with Gasteiger partial charge in [0.25, 0.3) is 0 Å². The lowest BCUT2D eigenvalue weighted by atomic mass is 9.74. The molecule has 0 bridgehead atoms. The SMILES string of the molecule is CCC1(CC)CCN(C(CN)c2ccc(C)cc2Br)CC1. The molecule has 1 saturated heterocycles. The average Bonchev–Trinajstić information content (AvgIpc) is 2.51. The number of benzene rings is 1. The van der Waals surface area contributed by atoms with Crippen molar-refractivity contribution in [3.05, 3.63) is 33.8 Å². The Kier molecular flexibility index (Phi) is 5.87. The highest BCUT2D eigenvalue weighted by Crippen LogP contribution is 2.40. The molecule has 1 aliphatic heterocycles. The number of rotatable bonds is 5. The topological polar surface area (TPSA) is 29.3 Å². The first-order valence-electron chi connectivity index (χ1n) is 8.25. The van der Waals surface area contributed by atoms with Crippen LogP contribution in [-0.4, -0.2) is 24.5 Å². The van der Waals surface area contributed by atoms with Crippen LogP contribution in [0, 0.1) is 12.3 Å². The second-order valence-corrected chi connectivity index (χ2v) is 7.37. The standard InChI is InChI=1S/C18H29BrN2/c1-4-18(5-2)8-10-21(11-9-18)17(13-20)15-7-6-14(3)12-16(15)19/h6-7,12,17H,4-5,8-11,13,20H2,1-3H3. The summed E-state index contributed by atoms with van der Waals surface area (Å²) in [7, 11) is 0. The molecule has 1 aromatic rings. The Bertz CT molecular complexity index is 458. The van der Waals surface area contributed by atoms with Crippen LogP contribution in [0.15, 0.2) is 22.7 Å². The molecule has 3 heteroatoms. The van der Waals surface area contributed by atoms with Crippen LogP contribution in [0.25, 0.3) is 0 Å². The van der Waals surface area contributed by atoms with E-state index in [-0.39, 0.29) is 0 Å². The normalized spacial score (nSPS) is 20.4. The summed E-state index contributed by atoms with van der Waals surface area (Å²) < 4.78 is 1.20. The maximum atomic E-state index is 6.11. The fraction of sp³-hybridized carbons (Fsp3) is 0.667. The lowest BCUT2D eigenvalue weighted by Gasteiger charge is -2.44. The van der Waals surface area contributed by atoms with Gasteiger partial charge in [-0.2, -0.15) is 0 Å². The van der Waals surface area contributed by atoms with Gasteiger partial charge in [-0.25, -0.2) is 0 Å². The predicted molar refractivity (Wildman–Crippen MR) is 94.5 cm³/mol. The fourth-order valence-corrected chi connectivity index (χ4v) is 4.40. The van der Waals surface area contributed by atoms with Gasteiger partial charge >= 0.3 is 0 Å². The Morgan fingerprint density at radius 3 is 2.33 bits per heavy atom. The van der Waals surface area contributed by atoms with E-state index in [4.69, 9.17) is 5.73 Å². The molecule has 2 nitrogen and oxygen atoms in total. The van der Waals surface area contributed by atoms with Crippen LogP contribution in [0.5, 0.6) is 0 Å². The highest BCUT2D eigenvalue weighted by molar-refractivity contribution is 9.10. The smallest absolute Gasteiger partial charge is 0.0481 e. The Labute approximate surface area is 138 Å². The van der Waals surface area contributed by atoms with Crippen LogP contribution in [0.4, 0.5) is 0 Å². The van der Waals surface area contributed by atoms with Crippen LogP contribution in [0.1, 0.15) is 56.7 Å². The van der Waals surface area contributed by atoms with Crippen molar-refractivity contribution in [1.29, 1.82) is 0 Å². The Hall–Kier alpha value is -0.380. The molecule has 0 aromatic heterocycles. The second-order valence-electron chi connectivity index (χ2n) is 6.52. The maximum Gasteiger partial charge on any atom is 0.0481 e. The zero-order valence-corrected chi connectivity index (χ0v) is 15.2. The van der Waals surface area contributed by atoms with Gasteiger partial charge < -0.3 is 5.73 Å². The van der Waals surface area contributed by atoms with Crippen LogP contribution >= 0.6 is 15.9 Å². The summed E-state index contributed by atoms with van der Waals surface area (Å²) in [6, 6.07) is 6.96. The molecule has 1 aromatic carbocycles. The Balaban J connectivity index is 2.13. The van der Waals surface area contributed by atoms with Crippen LogP contribution in [0.3, 0.4) is 0 Å². The molecule has 2 N–H and O–H groups in total. The third-order valence-electron chi connectivity index (χ3n) is 5.54. The molecule has 0 saturated carbocycles. The minimum atomic E-state index is 0.340. The van der Waals surface area contributed by atoms with Crippen molar-refractivity contribution in [3.63, 3.8) is 0 Å². The quantitative estimate of drug-likeness (QED) is 0.834. The molecule has 1 aliphatic rings. The summed E-state index contributed by atoms with van der Waals surface area (Å²) in [6.45, 7) is 9.84. The van der Waals surface area contributed by atoms with E-state index in [0.717, 1.165) is 0 Å². The van der Waals surface area contributed by atoms with Gasteiger partial charge in [-0.05, 0) is 55.5 Å². The number of likely N-dealkylation sites (tertiary alicyclic amines) is 1. The van der Waals surface area contributed by atoms with Gasteiger partial charge in [-0.15, -0.1) is 0 Å². The number of aryl methyl sites for hydroxylation is 1. The minimum Gasteiger partial charge on any atom is -0.329 e. The van der Waals surface area contributed by atoms with Gasteiger partial charge in [0.2, 0.25) is 0 Å². The molecule has 0 amide bonds. The molecule has 118 valence electrons. The van der Waals surface area contributed by atoms with Crippen molar-refractivity contribution >= 4 is 15.9 Å². The molecule has 1 fully saturated rings. The first-order chi connectivity index (χ1) is 10.0. The Morgan fingerprint density at radius 2 is 1.86 bits per heavy atom. The molecular weight excluding hydrogens is 324 g/mol. The summed E-state index contributed by atoms with van der Waals surface area (Å²) in [5.41, 5.74) is 9.31. The van der Waals surface area contributed by atoms with Crippen molar-refractivity contribution in [2.45, 2.75) is 52.5 Å². The van der Waals surface area contributed by atoms with Gasteiger partial charge in [0.15, 0.2) is 0 Å². The number of halogens is 1. The number of nitrogens with zero attached hydrogens (tertiary/aromatic N) is 1. The van der Waals surface area contributed by atoms with E-state index < -0.39 is 0 Å². The molecular formula is C18H29BrN2. The van der Waals surface area contributed by atoms with E-state index in [1.54, 1.807) is 0 Å². The minimum absolute atomic E-state index is 0.340. The molecule has 0 spiro atoms. The van der Waals surface area contributed by atoms with E-state index in [0.29, 0.717) is 18.0 Å². The highest BCUT2D eigenvalue weighted by atomic mass is 79.9. The van der Waals surface area contributed by atoms with E-state index in [1.807, 2.05) is 0 Å². The molecule has 21 heavy (non-hydrogen) atoms. The molecule has 1 atom stereocenters. The molecule has 0 radical (unpaired) electrons. The molecule has 1 heterocycles. The van der Waals surface area contributed by atoms with Crippen molar-refractivity contribution in [3.8, 4) is 0 Å². The van der Waals surface area contributed by atoms with Gasteiger partial charge in [0.05, 0.1) is 0 Å². The number of nitrogens with two attached hydrogens (primary N) is 1. The first-order valence-corrected chi connectivity index (χ1v) is 9.04. The third-order valence-corrected chi connectivity index (χ3v) is 6.22. The van der Waals surface area contributed by atoms with Crippen LogP contribution in [-0.2, 0) is 0 Å². The van der Waals surface area contributed by atoms with E-state index >= 15 is 0 Å². The maximum absolute atomic E-state index is 6.11. The summed E-state index contributed by atoms with van der Waals surface area (Å²) in [5, 5.41) is 0. The van der Waals surface area contributed by atoms with E-state index in [1.165, 1.54) is 54.4 Å². The Morgan fingerprint density at radius 1 is 1.24 bits per heavy atom. The lowest BCUT2D eigenvalue weighted by molar-refractivity contribution is 0.0678. The molecule has 0 aliphatic carbocycles. The molecule has 1 unspecified atom stereocenters. The van der Waals surface area contributed by atoms with E-state index in [9.17, 15) is 0 Å². The van der Waals surface area contributed by atoms with E-state index in [2.05, 4.69) is 59.8 Å². The van der Waals surface area contributed by atoms with Crippen molar-refractivity contribution in [1.82, 2.24) is 4.90 Å². The monoisotopic (exact) mass is 352 g/mol. The summed E-state index contributed by atoms with van der Waals surface area (Å²) in [5.74, 6) is 0. The zero-order valence-electron chi connectivity index (χ0n) is 13.7. The first kappa shape index (κ1) is 17.0.